The number of sulfone groups is 1. The van der Waals surface area contributed by atoms with E-state index in [1.54, 1.807) is 18.4 Å². The highest BCUT2D eigenvalue weighted by atomic mass is 32.2. The van der Waals surface area contributed by atoms with E-state index in [0.717, 1.165) is 23.4 Å². The second kappa shape index (κ2) is 8.08. The number of aryl methyl sites for hydroxylation is 1. The topological polar surface area (TPSA) is 95.6 Å². The lowest BCUT2D eigenvalue weighted by Gasteiger charge is -2.09. The smallest absolute Gasteiger partial charge is 0.339 e. The van der Waals surface area contributed by atoms with Crippen LogP contribution in [0.3, 0.4) is 0 Å². The Labute approximate surface area is 168 Å². The van der Waals surface area contributed by atoms with Gasteiger partial charge in [0.2, 0.25) is 5.78 Å². The summed E-state index contributed by atoms with van der Waals surface area (Å²) in [7, 11) is -3.60. The van der Waals surface area contributed by atoms with Crippen LogP contribution in [0.15, 0.2) is 58.0 Å². The van der Waals surface area contributed by atoms with Gasteiger partial charge in [0.15, 0.2) is 16.4 Å². The molecule has 0 N–H and O–H groups in total. The van der Waals surface area contributed by atoms with Gasteiger partial charge in [-0.05, 0) is 44.2 Å². The first-order valence-corrected chi connectivity index (χ1v) is 10.8. The Balaban J connectivity index is 1.74. The zero-order valence-corrected chi connectivity index (χ0v) is 17.2. The van der Waals surface area contributed by atoms with Gasteiger partial charge in [0, 0.05) is 23.2 Å². The first kappa shape index (κ1) is 20.6. The summed E-state index contributed by atoms with van der Waals surface area (Å²) in [6, 6.07) is 11.1. The summed E-state index contributed by atoms with van der Waals surface area (Å²) < 4.78 is 36.1. The van der Waals surface area contributed by atoms with Crippen LogP contribution >= 0.6 is 0 Å². The van der Waals surface area contributed by atoms with Crippen molar-refractivity contribution in [3.63, 3.8) is 0 Å². The molecule has 0 bridgehead atoms. The lowest BCUT2D eigenvalue weighted by molar-refractivity contribution is 0.0470. The van der Waals surface area contributed by atoms with Gasteiger partial charge >= 0.3 is 5.97 Å². The summed E-state index contributed by atoms with van der Waals surface area (Å²) >= 11 is 0. The fourth-order valence-electron chi connectivity index (χ4n) is 3.13. The molecule has 8 heteroatoms. The summed E-state index contributed by atoms with van der Waals surface area (Å²) in [6.07, 6.45) is 2.60. The second-order valence-corrected chi connectivity index (χ2v) is 8.70. The van der Waals surface area contributed by atoms with Crippen molar-refractivity contribution in [1.29, 1.82) is 0 Å². The van der Waals surface area contributed by atoms with Crippen LogP contribution in [0, 0.1) is 13.8 Å². The molecule has 3 rings (SSSR count). The number of hydrogen-bond acceptors (Lipinski definition) is 6. The predicted molar refractivity (Wildman–Crippen MR) is 106 cm³/mol. The summed E-state index contributed by atoms with van der Waals surface area (Å²) in [4.78, 5) is 24.8. The number of carbonyl (C=O) groups is 2. The van der Waals surface area contributed by atoms with E-state index in [0.29, 0.717) is 12.1 Å². The van der Waals surface area contributed by atoms with Crippen LogP contribution in [0.25, 0.3) is 0 Å². The van der Waals surface area contributed by atoms with E-state index in [2.05, 4.69) is 0 Å². The van der Waals surface area contributed by atoms with Crippen LogP contribution in [0.5, 0.6) is 0 Å². The van der Waals surface area contributed by atoms with E-state index in [1.165, 1.54) is 24.3 Å². The third-order valence-electron chi connectivity index (χ3n) is 4.61. The fourth-order valence-corrected chi connectivity index (χ4v) is 4.01. The highest BCUT2D eigenvalue weighted by Crippen LogP contribution is 2.19. The van der Waals surface area contributed by atoms with Gasteiger partial charge in [-0.25, -0.2) is 13.2 Å². The van der Waals surface area contributed by atoms with E-state index in [1.807, 2.05) is 24.5 Å². The summed E-state index contributed by atoms with van der Waals surface area (Å²) in [5.74, 6) is -0.465. The average molecular weight is 415 g/mol. The number of ether oxygens (including phenoxy) is 1. The summed E-state index contributed by atoms with van der Waals surface area (Å²) in [6.45, 7) is 3.69. The summed E-state index contributed by atoms with van der Waals surface area (Å²) in [5, 5.41) is 0. The number of Topliss-reactive ketones (excluding diaryl/α,β-unsaturated/α-hetero) is 1. The Morgan fingerprint density at radius 2 is 1.79 bits per heavy atom. The molecule has 7 nitrogen and oxygen atoms in total. The largest absolute Gasteiger partial charge is 0.467 e. The number of aromatic nitrogens is 1. The first-order chi connectivity index (χ1) is 13.7. The highest BCUT2D eigenvalue weighted by Gasteiger charge is 2.22. The molecule has 0 aliphatic carbocycles. The van der Waals surface area contributed by atoms with Crippen molar-refractivity contribution in [2.45, 2.75) is 25.3 Å². The third kappa shape index (κ3) is 4.48. The van der Waals surface area contributed by atoms with Gasteiger partial charge in [0.05, 0.1) is 23.3 Å². The molecule has 29 heavy (non-hydrogen) atoms. The minimum absolute atomic E-state index is 0.0916. The molecule has 0 fully saturated rings. The molecule has 3 aromatic rings. The average Bonchev–Trinajstić information content (AvgIpc) is 3.29. The maximum absolute atomic E-state index is 12.6. The van der Waals surface area contributed by atoms with E-state index in [4.69, 9.17) is 9.15 Å². The fraction of sp³-hybridized carbons (Fsp3) is 0.238. The van der Waals surface area contributed by atoms with Gasteiger partial charge in [-0.1, -0.05) is 12.1 Å². The van der Waals surface area contributed by atoms with Crippen molar-refractivity contribution in [1.82, 2.24) is 4.57 Å². The molecule has 1 aromatic carbocycles. The Hall–Kier alpha value is -3.13. The lowest BCUT2D eigenvalue weighted by Crippen LogP contribution is -2.17. The first-order valence-electron chi connectivity index (χ1n) is 8.87. The van der Waals surface area contributed by atoms with Crippen molar-refractivity contribution in [2.75, 3.05) is 12.9 Å². The number of hydrogen-bond donors (Lipinski definition) is 0. The van der Waals surface area contributed by atoms with Gasteiger partial charge in [-0.3, -0.25) is 4.79 Å². The molecule has 0 atom stereocenters. The molecular weight excluding hydrogens is 394 g/mol. The van der Waals surface area contributed by atoms with E-state index < -0.39 is 22.4 Å². The Morgan fingerprint density at radius 3 is 2.45 bits per heavy atom. The van der Waals surface area contributed by atoms with Gasteiger partial charge in [-0.2, -0.15) is 0 Å². The van der Waals surface area contributed by atoms with Crippen molar-refractivity contribution in [3.8, 4) is 0 Å². The predicted octanol–water partition coefficient (Wildman–Crippen LogP) is 3.19. The third-order valence-corrected chi connectivity index (χ3v) is 5.76. The van der Waals surface area contributed by atoms with Gasteiger partial charge < -0.3 is 13.7 Å². The van der Waals surface area contributed by atoms with Crippen molar-refractivity contribution in [3.05, 3.63) is 77.0 Å². The minimum atomic E-state index is -3.60. The minimum Gasteiger partial charge on any atom is -0.467 e. The molecule has 0 saturated heterocycles. The number of rotatable bonds is 7. The number of nitrogens with zero attached hydrogens (tertiary/aromatic N) is 1. The molecule has 2 heterocycles. The molecular formula is C21H21NO6S. The maximum atomic E-state index is 12.6. The standard InChI is InChI=1S/C21H21NO6S/c1-14-11-18(15(2)22(14)12-16-7-6-10-27-16)19(23)13-28-21(24)17-8-4-5-9-20(17)29(3,25)26/h4-11H,12-13H2,1-3H3. The molecule has 152 valence electrons. The SMILES string of the molecule is Cc1cc(C(=O)COC(=O)c2ccccc2S(C)(=O)=O)c(C)n1Cc1ccco1. The van der Waals surface area contributed by atoms with E-state index in [9.17, 15) is 18.0 Å². The Bertz CT molecular complexity index is 1160. The Kier molecular flexibility index (Phi) is 5.74. The molecule has 0 amide bonds. The van der Waals surface area contributed by atoms with Crippen LogP contribution in [-0.2, 0) is 21.1 Å². The van der Waals surface area contributed by atoms with Crippen molar-refractivity contribution < 1.29 is 27.2 Å². The molecule has 2 aromatic heterocycles. The van der Waals surface area contributed by atoms with E-state index >= 15 is 0 Å². The van der Waals surface area contributed by atoms with Crippen LogP contribution in [0.2, 0.25) is 0 Å². The van der Waals surface area contributed by atoms with Gasteiger partial charge in [-0.15, -0.1) is 0 Å². The lowest BCUT2D eigenvalue weighted by atomic mass is 10.1. The second-order valence-electron chi connectivity index (χ2n) is 6.72. The highest BCUT2D eigenvalue weighted by molar-refractivity contribution is 7.90. The number of ketones is 1. The number of benzene rings is 1. The number of esters is 1. The molecule has 0 saturated carbocycles. The molecule has 0 radical (unpaired) electrons. The normalized spacial score (nSPS) is 11.4. The molecule has 0 spiro atoms. The van der Waals surface area contributed by atoms with Crippen molar-refractivity contribution in [2.24, 2.45) is 0 Å². The van der Waals surface area contributed by atoms with Gasteiger partial charge in [0.1, 0.15) is 5.76 Å². The Morgan fingerprint density at radius 1 is 1.07 bits per heavy atom. The van der Waals surface area contributed by atoms with Gasteiger partial charge in [0.25, 0.3) is 0 Å². The van der Waals surface area contributed by atoms with Crippen LogP contribution in [0.4, 0.5) is 0 Å². The monoisotopic (exact) mass is 415 g/mol. The van der Waals surface area contributed by atoms with Crippen LogP contribution < -0.4 is 0 Å². The van der Waals surface area contributed by atoms with Crippen LogP contribution in [0.1, 0.15) is 37.9 Å². The van der Waals surface area contributed by atoms with Crippen LogP contribution in [-0.4, -0.2) is 37.6 Å². The molecule has 0 aliphatic heterocycles. The zero-order valence-electron chi connectivity index (χ0n) is 16.3. The zero-order chi connectivity index (χ0) is 21.2. The van der Waals surface area contributed by atoms with Crippen molar-refractivity contribution >= 4 is 21.6 Å². The molecule has 0 aliphatic rings. The van der Waals surface area contributed by atoms with E-state index in [-0.39, 0.29) is 16.2 Å². The molecule has 0 unspecified atom stereocenters. The maximum Gasteiger partial charge on any atom is 0.339 e. The summed E-state index contributed by atoms with van der Waals surface area (Å²) in [5.41, 5.74) is 1.96. The number of carbonyl (C=O) groups excluding carboxylic acids is 2. The quantitative estimate of drug-likeness (QED) is 0.434. The number of furan rings is 1.